The number of nitrogens with one attached hydrogen (secondary N) is 2. The fraction of sp³-hybridized carbons (Fsp3) is 0.360. The van der Waals surface area contributed by atoms with Gasteiger partial charge in [0.25, 0.3) is 0 Å². The Balaban J connectivity index is 1.37. The van der Waals surface area contributed by atoms with E-state index < -0.39 is 0 Å². The first-order chi connectivity index (χ1) is 17.1. The van der Waals surface area contributed by atoms with Gasteiger partial charge >= 0.3 is 0 Å². The topological polar surface area (TPSA) is 109 Å². The molecule has 9 nitrogen and oxygen atoms in total. The molecule has 2 fully saturated rings. The smallest absolute Gasteiger partial charge is 0.241 e. The number of fused-ring (bicyclic) bond motifs is 3. The number of rotatable bonds is 2. The number of carbonyl (C=O) groups is 1. The Morgan fingerprint density at radius 1 is 1.26 bits per heavy atom. The van der Waals surface area contributed by atoms with Gasteiger partial charge in [0.15, 0.2) is 5.75 Å². The van der Waals surface area contributed by atoms with E-state index in [0.717, 1.165) is 57.3 Å². The number of halogens is 1. The summed E-state index contributed by atoms with van der Waals surface area (Å²) in [5.41, 5.74) is 4.71. The number of aromatic amines is 1. The SMILES string of the molecule is Cc1ccc2[nH]ncc2c1-c1cc2ncnc3c2c(c1Cl)OCC[C@@H]1CN(C(=O)[C@H]2CN2)CCN31. The molecule has 4 aromatic rings. The number of benzene rings is 2. The summed E-state index contributed by atoms with van der Waals surface area (Å²) < 4.78 is 6.35. The molecule has 3 aliphatic heterocycles. The van der Waals surface area contributed by atoms with Gasteiger partial charge in [-0.1, -0.05) is 17.7 Å². The average molecular weight is 490 g/mol. The molecule has 3 aliphatic rings. The van der Waals surface area contributed by atoms with Gasteiger partial charge in [0, 0.05) is 43.5 Å². The number of H-pyrrole nitrogens is 1. The van der Waals surface area contributed by atoms with Crippen molar-refractivity contribution in [2.75, 3.05) is 37.7 Å². The lowest BCUT2D eigenvalue weighted by molar-refractivity contribution is -0.131. The second-order valence-electron chi connectivity index (χ2n) is 9.48. The Hall–Kier alpha value is -3.43. The molecule has 2 atom stereocenters. The van der Waals surface area contributed by atoms with Crippen LogP contribution in [0.25, 0.3) is 32.9 Å². The molecule has 0 radical (unpaired) electrons. The summed E-state index contributed by atoms with van der Waals surface area (Å²) >= 11 is 7.09. The van der Waals surface area contributed by atoms with E-state index in [1.807, 2.05) is 23.2 Å². The minimum absolute atomic E-state index is 0.0156. The second kappa shape index (κ2) is 7.79. The summed E-state index contributed by atoms with van der Waals surface area (Å²) in [5.74, 6) is 1.63. The van der Waals surface area contributed by atoms with E-state index in [0.29, 0.717) is 37.0 Å². The van der Waals surface area contributed by atoms with Crippen LogP contribution in [-0.4, -0.2) is 75.8 Å². The summed E-state index contributed by atoms with van der Waals surface area (Å²) in [5, 5.41) is 12.8. The summed E-state index contributed by atoms with van der Waals surface area (Å²) in [6, 6.07) is 6.22. The minimum Gasteiger partial charge on any atom is -0.491 e. The second-order valence-corrected chi connectivity index (χ2v) is 9.85. The molecule has 2 aromatic heterocycles. The largest absolute Gasteiger partial charge is 0.491 e. The van der Waals surface area contributed by atoms with Gasteiger partial charge < -0.3 is 19.9 Å². The highest BCUT2D eigenvalue weighted by Crippen LogP contribution is 2.47. The van der Waals surface area contributed by atoms with Gasteiger partial charge in [-0.25, -0.2) is 9.97 Å². The van der Waals surface area contributed by atoms with Crippen LogP contribution in [0.5, 0.6) is 5.75 Å². The first-order valence-corrected chi connectivity index (χ1v) is 12.3. The molecule has 0 unspecified atom stereocenters. The Morgan fingerprint density at radius 3 is 3.00 bits per heavy atom. The molecule has 0 aliphatic carbocycles. The number of amides is 1. The minimum atomic E-state index is -0.0156. The highest BCUT2D eigenvalue weighted by atomic mass is 35.5. The highest BCUT2D eigenvalue weighted by Gasteiger charge is 2.38. The highest BCUT2D eigenvalue weighted by molar-refractivity contribution is 6.37. The zero-order chi connectivity index (χ0) is 23.7. The standard InChI is InChI=1S/C25H24ClN7O2/c1-13-2-3-17-16(9-30-31-17)20(13)15-8-18-21-23(22(15)26)35-7-4-14-11-32(25(34)19-10-27-19)5-6-33(14)24(21)29-12-28-18/h2-3,8-9,12,14,19,27H,4-7,10-11H2,1H3,(H,30,31)/t14-,19-/m1/s1. The molecule has 2 aromatic carbocycles. The number of aryl methyl sites for hydroxylation is 1. The van der Waals surface area contributed by atoms with Crippen LogP contribution in [-0.2, 0) is 4.79 Å². The maximum absolute atomic E-state index is 12.7. The zero-order valence-electron chi connectivity index (χ0n) is 19.2. The van der Waals surface area contributed by atoms with Crippen molar-refractivity contribution < 1.29 is 9.53 Å². The molecule has 7 rings (SSSR count). The van der Waals surface area contributed by atoms with Gasteiger partial charge in [-0.05, 0) is 30.2 Å². The van der Waals surface area contributed by atoms with Crippen LogP contribution in [0, 0.1) is 6.92 Å². The molecule has 0 bridgehead atoms. The normalized spacial score (nSPS) is 21.4. The maximum Gasteiger partial charge on any atom is 0.241 e. The van der Waals surface area contributed by atoms with Crippen LogP contribution in [0.1, 0.15) is 12.0 Å². The predicted octanol–water partition coefficient (Wildman–Crippen LogP) is 2.91. The number of hydrogen-bond donors (Lipinski definition) is 2. The van der Waals surface area contributed by atoms with Gasteiger partial charge in [-0.15, -0.1) is 0 Å². The number of aromatic nitrogens is 4. The molecule has 178 valence electrons. The van der Waals surface area contributed by atoms with Crippen LogP contribution < -0.4 is 15.0 Å². The first kappa shape index (κ1) is 20.9. The van der Waals surface area contributed by atoms with Gasteiger partial charge in [0.1, 0.15) is 12.1 Å². The van der Waals surface area contributed by atoms with Crippen molar-refractivity contribution in [3.05, 3.63) is 41.3 Å². The summed E-state index contributed by atoms with van der Waals surface area (Å²) in [6.45, 7) is 5.38. The molecular formula is C25H24ClN7O2. The Kier molecular flexibility index (Phi) is 4.65. The van der Waals surface area contributed by atoms with Crippen LogP contribution in [0.15, 0.2) is 30.7 Å². The lowest BCUT2D eigenvalue weighted by atomic mass is 9.95. The quantitative estimate of drug-likeness (QED) is 0.417. The Bertz CT molecular complexity index is 1500. The fourth-order valence-corrected chi connectivity index (χ4v) is 5.80. The van der Waals surface area contributed by atoms with E-state index in [4.69, 9.17) is 16.3 Å². The number of nitrogens with zero attached hydrogens (tertiary/aromatic N) is 5. The van der Waals surface area contributed by atoms with Crippen molar-refractivity contribution in [2.24, 2.45) is 0 Å². The van der Waals surface area contributed by atoms with Crippen molar-refractivity contribution in [3.8, 4) is 16.9 Å². The van der Waals surface area contributed by atoms with E-state index >= 15 is 0 Å². The monoisotopic (exact) mass is 489 g/mol. The van der Waals surface area contributed by atoms with Crippen LogP contribution >= 0.6 is 11.6 Å². The van der Waals surface area contributed by atoms with Crippen molar-refractivity contribution in [1.29, 1.82) is 0 Å². The lowest BCUT2D eigenvalue weighted by Crippen LogP contribution is -2.56. The molecule has 10 heteroatoms. The average Bonchev–Trinajstić information content (AvgIpc) is 3.60. The lowest BCUT2D eigenvalue weighted by Gasteiger charge is -2.43. The molecule has 0 saturated carbocycles. The summed E-state index contributed by atoms with van der Waals surface area (Å²) in [6.07, 6.45) is 4.20. The van der Waals surface area contributed by atoms with Crippen molar-refractivity contribution >= 4 is 45.1 Å². The third kappa shape index (κ3) is 3.25. The summed E-state index contributed by atoms with van der Waals surface area (Å²) in [4.78, 5) is 26.2. The zero-order valence-corrected chi connectivity index (χ0v) is 20.0. The summed E-state index contributed by atoms with van der Waals surface area (Å²) in [7, 11) is 0. The fourth-order valence-electron chi connectivity index (χ4n) is 5.50. The third-order valence-corrected chi connectivity index (χ3v) is 7.75. The molecule has 5 heterocycles. The van der Waals surface area contributed by atoms with Crippen LogP contribution in [0.2, 0.25) is 5.02 Å². The Morgan fingerprint density at radius 2 is 2.14 bits per heavy atom. The number of ether oxygens (including phenoxy) is 1. The van der Waals surface area contributed by atoms with E-state index in [2.05, 4.69) is 43.4 Å². The maximum atomic E-state index is 12.7. The number of piperazine rings is 1. The van der Waals surface area contributed by atoms with Gasteiger partial charge in [-0.3, -0.25) is 9.89 Å². The Labute approximate surface area is 206 Å². The van der Waals surface area contributed by atoms with Crippen molar-refractivity contribution in [1.82, 2.24) is 30.4 Å². The number of hydrogen-bond acceptors (Lipinski definition) is 7. The molecule has 2 N–H and O–H groups in total. The van der Waals surface area contributed by atoms with Gasteiger partial charge in [0.2, 0.25) is 5.91 Å². The third-order valence-electron chi connectivity index (χ3n) is 7.37. The van der Waals surface area contributed by atoms with Crippen molar-refractivity contribution in [3.63, 3.8) is 0 Å². The molecule has 1 amide bonds. The molecule has 2 saturated heterocycles. The van der Waals surface area contributed by atoms with E-state index in [1.165, 1.54) is 0 Å². The van der Waals surface area contributed by atoms with Gasteiger partial charge in [0.05, 0.1) is 46.3 Å². The predicted molar refractivity (Wildman–Crippen MR) is 134 cm³/mol. The van der Waals surface area contributed by atoms with E-state index in [9.17, 15) is 4.79 Å². The number of carbonyl (C=O) groups excluding carboxylic acids is 1. The molecule has 35 heavy (non-hydrogen) atoms. The number of anilines is 1. The van der Waals surface area contributed by atoms with Gasteiger partial charge in [-0.2, -0.15) is 5.10 Å². The van der Waals surface area contributed by atoms with Crippen LogP contribution in [0.3, 0.4) is 0 Å². The van der Waals surface area contributed by atoms with Crippen LogP contribution in [0.4, 0.5) is 5.82 Å². The van der Waals surface area contributed by atoms with E-state index in [-0.39, 0.29) is 18.0 Å². The van der Waals surface area contributed by atoms with E-state index in [1.54, 1.807) is 6.33 Å². The molecule has 0 spiro atoms. The van der Waals surface area contributed by atoms with Crippen molar-refractivity contribution in [2.45, 2.75) is 25.4 Å². The first-order valence-electron chi connectivity index (χ1n) is 11.9. The molecular weight excluding hydrogens is 466 g/mol.